The van der Waals surface area contributed by atoms with Crippen molar-refractivity contribution in [2.24, 2.45) is 0 Å². The molecule has 0 radical (unpaired) electrons. The molecule has 1 aliphatic heterocycles. The van der Waals surface area contributed by atoms with Crippen LogP contribution >= 0.6 is 46.9 Å². The first-order valence-electron chi connectivity index (χ1n) is 6.46. The van der Waals surface area contributed by atoms with Crippen LogP contribution in [0.25, 0.3) is 0 Å². The molecule has 1 aromatic heterocycles. The second-order valence-corrected chi connectivity index (χ2v) is 8.11. The maximum Gasteiger partial charge on any atom is 0.233 e. The minimum absolute atomic E-state index is 0.0982. The Kier molecular flexibility index (Phi) is 6.14. The molecule has 0 aliphatic carbocycles. The molecule has 0 N–H and O–H groups in total. The number of halogens is 1. The number of likely N-dealkylation sites (tertiary alicyclic amines) is 1. The lowest BCUT2D eigenvalue weighted by Gasteiger charge is -2.19. The van der Waals surface area contributed by atoms with Gasteiger partial charge in [0.2, 0.25) is 5.91 Å². The number of nitrogens with zero attached hydrogens (tertiary/aromatic N) is 2. The lowest BCUT2D eigenvalue weighted by atomic mass is 10.4. The van der Waals surface area contributed by atoms with E-state index in [0.717, 1.165) is 26.6 Å². The summed E-state index contributed by atoms with van der Waals surface area (Å²) in [5, 5.41) is 0. The van der Waals surface area contributed by atoms with Gasteiger partial charge in [0.15, 0.2) is 0 Å². The van der Waals surface area contributed by atoms with Crippen LogP contribution in [0.3, 0.4) is 0 Å². The van der Waals surface area contributed by atoms with Crippen LogP contribution in [0.4, 0.5) is 0 Å². The summed E-state index contributed by atoms with van der Waals surface area (Å²) in [6.07, 6.45) is 2.40. The first-order valence-corrected chi connectivity index (χ1v) is 9.05. The van der Waals surface area contributed by atoms with Crippen LogP contribution in [-0.4, -0.2) is 45.9 Å². The zero-order valence-electron chi connectivity index (χ0n) is 11.3. The van der Waals surface area contributed by atoms with Crippen molar-refractivity contribution in [2.75, 3.05) is 25.9 Å². The van der Waals surface area contributed by atoms with Crippen molar-refractivity contribution >= 4 is 57.1 Å². The quantitative estimate of drug-likeness (QED) is 0.777. The van der Waals surface area contributed by atoms with E-state index in [1.807, 2.05) is 19.2 Å². The second kappa shape index (κ2) is 7.64. The monoisotopic (exact) mass is 348 g/mol. The molecule has 0 aromatic carbocycles. The molecule has 0 unspecified atom stereocenters. The van der Waals surface area contributed by atoms with Gasteiger partial charge >= 0.3 is 0 Å². The Hall–Kier alpha value is -0.300. The van der Waals surface area contributed by atoms with Crippen molar-refractivity contribution in [3.8, 4) is 0 Å². The molecule has 110 valence electrons. The van der Waals surface area contributed by atoms with E-state index in [1.165, 1.54) is 35.9 Å². The van der Waals surface area contributed by atoms with Crippen LogP contribution in [-0.2, 0) is 11.3 Å². The lowest BCUT2D eigenvalue weighted by Crippen LogP contribution is -2.30. The van der Waals surface area contributed by atoms with Gasteiger partial charge in [0.1, 0.15) is 4.32 Å². The molecule has 2 rings (SSSR count). The average Bonchev–Trinajstić information content (AvgIpc) is 3.07. The fraction of sp³-hybridized carbons (Fsp3) is 0.538. The first kappa shape index (κ1) is 16.1. The van der Waals surface area contributed by atoms with Gasteiger partial charge in [-0.1, -0.05) is 35.6 Å². The minimum Gasteiger partial charge on any atom is -0.358 e. The van der Waals surface area contributed by atoms with E-state index in [9.17, 15) is 4.79 Å². The van der Waals surface area contributed by atoms with Crippen molar-refractivity contribution in [3.63, 3.8) is 0 Å². The number of hydrogen-bond donors (Lipinski definition) is 0. The molecule has 0 bridgehead atoms. The third-order valence-corrected chi connectivity index (χ3v) is 5.86. The van der Waals surface area contributed by atoms with Gasteiger partial charge in [0.25, 0.3) is 0 Å². The van der Waals surface area contributed by atoms with Gasteiger partial charge < -0.3 is 9.80 Å². The molecule has 0 spiro atoms. The molecule has 1 amide bonds. The van der Waals surface area contributed by atoms with E-state index in [1.54, 1.807) is 4.90 Å². The van der Waals surface area contributed by atoms with Gasteiger partial charge in [0, 0.05) is 25.0 Å². The Morgan fingerprint density at radius 1 is 1.50 bits per heavy atom. The van der Waals surface area contributed by atoms with Crippen molar-refractivity contribution in [1.82, 2.24) is 9.80 Å². The second-order valence-electron chi connectivity index (χ2n) is 4.70. The predicted molar refractivity (Wildman–Crippen MR) is 91.7 cm³/mol. The van der Waals surface area contributed by atoms with E-state index in [2.05, 4.69) is 4.90 Å². The Labute approximate surface area is 138 Å². The summed E-state index contributed by atoms with van der Waals surface area (Å²) in [7, 11) is 1.81. The van der Waals surface area contributed by atoms with E-state index >= 15 is 0 Å². The molecular formula is C13H17ClN2OS3. The summed E-state index contributed by atoms with van der Waals surface area (Å²) in [4.78, 5) is 17.1. The van der Waals surface area contributed by atoms with Crippen LogP contribution in [0.15, 0.2) is 12.1 Å². The van der Waals surface area contributed by atoms with Crippen molar-refractivity contribution in [3.05, 3.63) is 21.3 Å². The fourth-order valence-electron chi connectivity index (χ4n) is 1.98. The molecule has 20 heavy (non-hydrogen) atoms. The molecule has 0 saturated carbocycles. The molecule has 7 heteroatoms. The molecule has 1 aromatic rings. The standard InChI is InChI=1S/C13H17ClN2OS3/c1-15(8-10-4-5-11(14)20-10)12(17)9-19-13(18)16-6-2-3-7-16/h4-5H,2-3,6-9H2,1H3. The van der Waals surface area contributed by atoms with E-state index in [0.29, 0.717) is 12.3 Å². The van der Waals surface area contributed by atoms with Crippen LogP contribution < -0.4 is 0 Å². The largest absolute Gasteiger partial charge is 0.358 e. The zero-order chi connectivity index (χ0) is 14.5. The van der Waals surface area contributed by atoms with E-state index in [4.69, 9.17) is 23.8 Å². The summed E-state index contributed by atoms with van der Waals surface area (Å²) in [5.74, 6) is 0.506. The van der Waals surface area contributed by atoms with Crippen LogP contribution in [0.5, 0.6) is 0 Å². The number of thioether (sulfide) groups is 1. The SMILES string of the molecule is CN(Cc1ccc(Cl)s1)C(=O)CSC(=S)N1CCCC1. The van der Waals surface area contributed by atoms with Crippen molar-refractivity contribution in [1.29, 1.82) is 0 Å². The molecule has 3 nitrogen and oxygen atoms in total. The van der Waals surface area contributed by atoms with Gasteiger partial charge in [-0.3, -0.25) is 4.79 Å². The lowest BCUT2D eigenvalue weighted by molar-refractivity contribution is -0.127. The highest BCUT2D eigenvalue weighted by molar-refractivity contribution is 8.23. The smallest absolute Gasteiger partial charge is 0.233 e. The third-order valence-electron chi connectivity index (χ3n) is 3.13. The van der Waals surface area contributed by atoms with Gasteiger partial charge in [-0.05, 0) is 25.0 Å². The van der Waals surface area contributed by atoms with E-state index < -0.39 is 0 Å². The Morgan fingerprint density at radius 3 is 2.80 bits per heavy atom. The zero-order valence-corrected chi connectivity index (χ0v) is 14.5. The number of thiocarbonyl (C=S) groups is 1. The highest BCUT2D eigenvalue weighted by Crippen LogP contribution is 2.23. The molecule has 1 aliphatic rings. The average molecular weight is 349 g/mol. The van der Waals surface area contributed by atoms with Gasteiger partial charge in [-0.25, -0.2) is 0 Å². The molecule has 0 atom stereocenters. The number of carbonyl (C=O) groups excluding carboxylic acids is 1. The maximum absolute atomic E-state index is 12.1. The number of amides is 1. The topological polar surface area (TPSA) is 23.6 Å². The highest BCUT2D eigenvalue weighted by Gasteiger charge is 2.17. The molecule has 2 heterocycles. The molecule has 1 saturated heterocycles. The molecular weight excluding hydrogens is 332 g/mol. The number of carbonyl (C=O) groups is 1. The molecule has 1 fully saturated rings. The Balaban J connectivity index is 1.74. The minimum atomic E-state index is 0.0982. The van der Waals surface area contributed by atoms with Crippen molar-refractivity contribution in [2.45, 2.75) is 19.4 Å². The summed E-state index contributed by atoms with van der Waals surface area (Å²) in [5.41, 5.74) is 0. The Bertz CT molecular complexity index is 486. The maximum atomic E-state index is 12.1. The number of hydrogen-bond acceptors (Lipinski definition) is 4. The number of rotatable bonds is 4. The third kappa shape index (κ3) is 4.62. The van der Waals surface area contributed by atoms with Gasteiger partial charge in [0.05, 0.1) is 16.6 Å². The summed E-state index contributed by atoms with van der Waals surface area (Å²) < 4.78 is 1.61. The summed E-state index contributed by atoms with van der Waals surface area (Å²) in [6.45, 7) is 2.67. The van der Waals surface area contributed by atoms with E-state index in [-0.39, 0.29) is 5.91 Å². The van der Waals surface area contributed by atoms with Crippen molar-refractivity contribution < 1.29 is 4.79 Å². The van der Waals surface area contributed by atoms with Crippen LogP contribution in [0.2, 0.25) is 4.34 Å². The summed E-state index contributed by atoms with van der Waals surface area (Å²) >= 11 is 14.2. The van der Waals surface area contributed by atoms with Gasteiger partial charge in [-0.15, -0.1) is 11.3 Å². The highest BCUT2D eigenvalue weighted by atomic mass is 35.5. The fourth-order valence-corrected chi connectivity index (χ4v) is 4.32. The first-order chi connectivity index (χ1) is 9.56. The summed E-state index contributed by atoms with van der Waals surface area (Å²) in [6, 6.07) is 3.82. The normalized spacial score (nSPS) is 14.6. The van der Waals surface area contributed by atoms with Crippen LogP contribution in [0.1, 0.15) is 17.7 Å². The van der Waals surface area contributed by atoms with Crippen LogP contribution in [0, 0.1) is 0 Å². The predicted octanol–water partition coefficient (Wildman–Crippen LogP) is 3.47. The number of thiophene rings is 1. The van der Waals surface area contributed by atoms with Gasteiger partial charge in [-0.2, -0.15) is 0 Å². The Morgan fingerprint density at radius 2 is 2.20 bits per heavy atom.